The molecule has 3 aromatic rings. The Morgan fingerprint density at radius 1 is 0.860 bits per heavy atom. The molecule has 1 amide bonds. The van der Waals surface area contributed by atoms with E-state index in [-0.39, 0.29) is 30.4 Å². The second kappa shape index (κ2) is 19.0. The average Bonchev–Trinajstić information content (AvgIpc) is 3.00. The Bertz CT molecular complexity index is 1300. The molecule has 236 valence electrons. The van der Waals surface area contributed by atoms with Gasteiger partial charge in [-0.3, -0.25) is 4.79 Å². The first kappa shape index (κ1) is 35.8. The number of aromatic hydroxyl groups is 1. The largest absolute Gasteiger partial charge is 0.508 e. The molecule has 9 heteroatoms. The van der Waals surface area contributed by atoms with Crippen LogP contribution < -0.4 is 15.4 Å². The summed E-state index contributed by atoms with van der Waals surface area (Å²) in [4.78, 5) is 12.9. The summed E-state index contributed by atoms with van der Waals surface area (Å²) >= 11 is 0. The van der Waals surface area contributed by atoms with E-state index < -0.39 is 27.9 Å². The standard InChI is InChI=1S/C28H42N2O5S.C6H6O/c1-21(2)13-15-36(33,34)16-14-22(3)28(32)30-26(18-23-9-6-5-7-10-23)27(31)20-29-19-24-11-8-12-25(17-24)35-4;7-6-4-2-1-3-5-6/h5-12,17,21-22,26-27,29,31H,13-16,18-20H2,1-4H3,(H,30,32);1-5,7H/t22?,26-,27+;/m0./s1. The Morgan fingerprint density at radius 2 is 1.47 bits per heavy atom. The highest BCUT2D eigenvalue weighted by atomic mass is 32.2. The van der Waals surface area contributed by atoms with Crippen LogP contribution in [0.25, 0.3) is 0 Å². The van der Waals surface area contributed by atoms with Gasteiger partial charge in [0, 0.05) is 19.0 Å². The molecular formula is C34H48N2O6S. The van der Waals surface area contributed by atoms with E-state index in [1.807, 2.05) is 74.5 Å². The SMILES string of the molecule is COc1cccc(CNC[C@@H](O)[C@H](Cc2ccccc2)NC(=O)C(C)CCS(=O)(=O)CCC(C)C)c1.Oc1ccccc1. The summed E-state index contributed by atoms with van der Waals surface area (Å²) in [6.07, 6.45) is 0.515. The van der Waals surface area contributed by atoms with Crippen molar-refractivity contribution in [3.05, 3.63) is 96.1 Å². The number of phenols is 1. The number of carbonyl (C=O) groups is 1. The van der Waals surface area contributed by atoms with Crippen LogP contribution in [0, 0.1) is 11.8 Å². The number of nitrogens with one attached hydrogen (secondary N) is 2. The Kier molecular flexibility index (Phi) is 15.8. The van der Waals surface area contributed by atoms with Crippen LogP contribution in [0.2, 0.25) is 0 Å². The molecule has 0 saturated carbocycles. The van der Waals surface area contributed by atoms with E-state index in [0.29, 0.717) is 31.1 Å². The lowest BCUT2D eigenvalue weighted by Gasteiger charge is -2.26. The lowest BCUT2D eigenvalue weighted by molar-refractivity contribution is -0.126. The van der Waals surface area contributed by atoms with Crippen LogP contribution in [-0.4, -0.2) is 61.8 Å². The molecule has 1 unspecified atom stereocenters. The van der Waals surface area contributed by atoms with Gasteiger partial charge in [0.1, 0.15) is 21.3 Å². The number of aliphatic hydroxyl groups excluding tert-OH is 1. The highest BCUT2D eigenvalue weighted by molar-refractivity contribution is 7.91. The zero-order chi connectivity index (χ0) is 31.7. The highest BCUT2D eigenvalue weighted by Crippen LogP contribution is 2.14. The lowest BCUT2D eigenvalue weighted by atomic mass is 9.99. The molecule has 0 aliphatic rings. The number of para-hydroxylation sites is 1. The number of aliphatic hydroxyl groups is 1. The number of hydrogen-bond acceptors (Lipinski definition) is 7. The second-order valence-electron chi connectivity index (χ2n) is 11.2. The number of benzene rings is 3. The van der Waals surface area contributed by atoms with Gasteiger partial charge in [-0.2, -0.15) is 0 Å². The zero-order valence-corrected chi connectivity index (χ0v) is 26.6. The van der Waals surface area contributed by atoms with E-state index in [9.17, 15) is 18.3 Å². The van der Waals surface area contributed by atoms with Crippen molar-refractivity contribution in [2.45, 2.75) is 58.7 Å². The first-order valence-electron chi connectivity index (χ1n) is 14.8. The van der Waals surface area contributed by atoms with Gasteiger partial charge in [0.15, 0.2) is 0 Å². The van der Waals surface area contributed by atoms with Gasteiger partial charge < -0.3 is 25.6 Å². The molecule has 0 aromatic heterocycles. The van der Waals surface area contributed by atoms with E-state index in [0.717, 1.165) is 16.9 Å². The molecule has 0 aliphatic heterocycles. The molecular weight excluding hydrogens is 564 g/mol. The highest BCUT2D eigenvalue weighted by Gasteiger charge is 2.25. The number of phenolic OH excluding ortho intramolecular Hbond substituents is 1. The second-order valence-corrected chi connectivity index (χ2v) is 13.5. The van der Waals surface area contributed by atoms with Crippen LogP contribution in [0.5, 0.6) is 11.5 Å². The van der Waals surface area contributed by atoms with Crippen molar-refractivity contribution >= 4 is 15.7 Å². The minimum atomic E-state index is -3.19. The van der Waals surface area contributed by atoms with Gasteiger partial charge in [0.25, 0.3) is 0 Å². The molecule has 43 heavy (non-hydrogen) atoms. The maximum atomic E-state index is 12.9. The van der Waals surface area contributed by atoms with Gasteiger partial charge in [-0.25, -0.2) is 8.42 Å². The van der Waals surface area contributed by atoms with Crippen molar-refractivity contribution in [1.82, 2.24) is 10.6 Å². The summed E-state index contributed by atoms with van der Waals surface area (Å²) in [6.45, 7) is 6.56. The van der Waals surface area contributed by atoms with E-state index in [2.05, 4.69) is 10.6 Å². The summed E-state index contributed by atoms with van der Waals surface area (Å²) in [7, 11) is -1.57. The molecule has 0 aliphatic carbocycles. The van der Waals surface area contributed by atoms with Gasteiger partial charge in [0.2, 0.25) is 5.91 Å². The quantitative estimate of drug-likeness (QED) is 0.184. The van der Waals surface area contributed by atoms with E-state index in [4.69, 9.17) is 9.84 Å². The number of methoxy groups -OCH3 is 1. The molecule has 8 nitrogen and oxygen atoms in total. The first-order chi connectivity index (χ1) is 20.5. The molecule has 3 rings (SSSR count). The van der Waals surface area contributed by atoms with Crippen molar-refractivity contribution in [1.29, 1.82) is 0 Å². The summed E-state index contributed by atoms with van der Waals surface area (Å²) in [5, 5.41) is 25.8. The third-order valence-corrected chi connectivity index (χ3v) is 8.69. The predicted molar refractivity (Wildman–Crippen MR) is 173 cm³/mol. The molecule has 0 fully saturated rings. The number of hydrogen-bond donors (Lipinski definition) is 4. The Hall–Kier alpha value is -3.40. The van der Waals surface area contributed by atoms with E-state index in [1.165, 1.54) is 0 Å². The molecule has 3 atom stereocenters. The van der Waals surface area contributed by atoms with Gasteiger partial charge in [0.05, 0.1) is 30.8 Å². The number of sulfone groups is 1. The number of amides is 1. The van der Waals surface area contributed by atoms with Crippen LogP contribution >= 0.6 is 0 Å². The van der Waals surface area contributed by atoms with Crippen molar-refractivity contribution < 1.29 is 28.2 Å². The molecule has 0 heterocycles. The van der Waals surface area contributed by atoms with Crippen molar-refractivity contribution in [2.75, 3.05) is 25.2 Å². The molecule has 0 radical (unpaired) electrons. The molecule has 4 N–H and O–H groups in total. The zero-order valence-electron chi connectivity index (χ0n) is 25.8. The lowest BCUT2D eigenvalue weighted by Crippen LogP contribution is -2.50. The van der Waals surface area contributed by atoms with Crippen molar-refractivity contribution in [2.24, 2.45) is 11.8 Å². The Morgan fingerprint density at radius 3 is 2.05 bits per heavy atom. The Balaban J connectivity index is 0.000000804. The van der Waals surface area contributed by atoms with Gasteiger partial charge in [-0.1, -0.05) is 81.4 Å². The summed E-state index contributed by atoms with van der Waals surface area (Å²) in [6, 6.07) is 25.6. The normalized spacial score (nSPS) is 13.3. The Labute approximate surface area is 257 Å². The van der Waals surface area contributed by atoms with E-state index in [1.54, 1.807) is 38.3 Å². The molecule has 0 saturated heterocycles. The average molecular weight is 613 g/mol. The van der Waals surface area contributed by atoms with E-state index >= 15 is 0 Å². The fourth-order valence-corrected chi connectivity index (χ4v) is 5.95. The van der Waals surface area contributed by atoms with Crippen LogP contribution in [-0.2, 0) is 27.6 Å². The van der Waals surface area contributed by atoms with Gasteiger partial charge in [-0.05, 0) is 60.6 Å². The minimum Gasteiger partial charge on any atom is -0.508 e. The van der Waals surface area contributed by atoms with Crippen LogP contribution in [0.1, 0.15) is 44.7 Å². The smallest absolute Gasteiger partial charge is 0.223 e. The number of ether oxygens (including phenoxy) is 1. The topological polar surface area (TPSA) is 125 Å². The predicted octanol–water partition coefficient (Wildman–Crippen LogP) is 4.75. The van der Waals surface area contributed by atoms with Gasteiger partial charge in [-0.15, -0.1) is 0 Å². The maximum Gasteiger partial charge on any atom is 0.223 e. The third kappa shape index (κ3) is 15.1. The minimum absolute atomic E-state index is 0.0116. The van der Waals surface area contributed by atoms with Gasteiger partial charge >= 0.3 is 0 Å². The van der Waals surface area contributed by atoms with Crippen LogP contribution in [0.3, 0.4) is 0 Å². The third-order valence-electron chi connectivity index (χ3n) is 6.98. The molecule has 0 spiro atoms. The summed E-state index contributed by atoms with van der Waals surface area (Å²) in [5.74, 6) is 0.816. The molecule has 0 bridgehead atoms. The first-order valence-corrected chi connectivity index (χ1v) is 16.6. The molecule has 3 aromatic carbocycles. The maximum absolute atomic E-state index is 12.9. The fourth-order valence-electron chi connectivity index (χ4n) is 4.20. The van der Waals surface area contributed by atoms with Crippen LogP contribution in [0.4, 0.5) is 0 Å². The fraction of sp³-hybridized carbons (Fsp3) is 0.441. The van der Waals surface area contributed by atoms with Crippen LogP contribution in [0.15, 0.2) is 84.9 Å². The van der Waals surface area contributed by atoms with Crippen molar-refractivity contribution in [3.8, 4) is 11.5 Å². The number of rotatable bonds is 16. The number of carbonyl (C=O) groups excluding carboxylic acids is 1. The summed E-state index contributed by atoms with van der Waals surface area (Å²) in [5.41, 5.74) is 2.02. The van der Waals surface area contributed by atoms with Crippen molar-refractivity contribution in [3.63, 3.8) is 0 Å². The monoisotopic (exact) mass is 612 g/mol. The summed E-state index contributed by atoms with van der Waals surface area (Å²) < 4.78 is 29.9.